The summed E-state index contributed by atoms with van der Waals surface area (Å²) < 4.78 is 1.66. The van der Waals surface area contributed by atoms with Crippen LogP contribution in [0.5, 0.6) is 0 Å². The number of nitrogens with one attached hydrogen (secondary N) is 1. The molecule has 0 unspecified atom stereocenters. The quantitative estimate of drug-likeness (QED) is 0.870. The fourth-order valence-electron chi connectivity index (χ4n) is 1.21. The Morgan fingerprint density at radius 1 is 1.69 bits per heavy atom. The second kappa shape index (κ2) is 4.59. The lowest BCUT2D eigenvalue weighted by atomic mass is 10.3. The maximum Gasteiger partial charge on any atom is 0.244 e. The molecule has 0 aliphatic heterocycles. The van der Waals surface area contributed by atoms with E-state index in [2.05, 4.69) is 10.3 Å². The number of amides is 1. The van der Waals surface area contributed by atoms with Crippen molar-refractivity contribution in [2.45, 2.75) is 6.54 Å². The van der Waals surface area contributed by atoms with E-state index in [0.717, 1.165) is 0 Å². The van der Waals surface area contributed by atoms with Crippen LogP contribution in [0.1, 0.15) is 5.56 Å². The molecule has 0 saturated heterocycles. The molecule has 1 N–H and O–H groups in total. The van der Waals surface area contributed by atoms with Crippen molar-refractivity contribution in [2.24, 2.45) is 0 Å². The normalized spacial score (nSPS) is 9.69. The summed E-state index contributed by atoms with van der Waals surface area (Å²) in [6.07, 6.45) is 4.89. The Morgan fingerprint density at radius 3 is 3.25 bits per heavy atom. The maximum atomic E-state index is 11.6. The first-order valence-electron chi connectivity index (χ1n) is 4.53. The molecular weight excluding hydrogens is 224 g/mol. The maximum absolute atomic E-state index is 11.6. The number of anilines is 1. The summed E-state index contributed by atoms with van der Waals surface area (Å²) in [5, 5.41) is 13.8. The van der Waals surface area contributed by atoms with Crippen LogP contribution < -0.4 is 5.32 Å². The van der Waals surface area contributed by atoms with Crippen molar-refractivity contribution >= 4 is 22.2 Å². The summed E-state index contributed by atoms with van der Waals surface area (Å²) in [7, 11) is 0. The fourth-order valence-corrected chi connectivity index (χ4v) is 1.96. The molecule has 5 nitrogen and oxygen atoms in total. The number of thiophene rings is 1. The number of aromatic nitrogens is 2. The Morgan fingerprint density at radius 2 is 2.56 bits per heavy atom. The van der Waals surface area contributed by atoms with Crippen molar-refractivity contribution in [3.8, 4) is 6.07 Å². The minimum absolute atomic E-state index is 0.169. The van der Waals surface area contributed by atoms with E-state index >= 15 is 0 Å². The van der Waals surface area contributed by atoms with E-state index < -0.39 is 0 Å². The first-order valence-corrected chi connectivity index (χ1v) is 5.41. The van der Waals surface area contributed by atoms with Crippen LogP contribution >= 0.6 is 11.3 Å². The average Bonchev–Trinajstić information content (AvgIpc) is 2.88. The smallest absolute Gasteiger partial charge is 0.244 e. The van der Waals surface area contributed by atoms with Crippen LogP contribution in [0.4, 0.5) is 5.00 Å². The van der Waals surface area contributed by atoms with Crippen LogP contribution in [-0.4, -0.2) is 15.5 Å². The van der Waals surface area contributed by atoms with Crippen LogP contribution in [0.3, 0.4) is 0 Å². The molecule has 0 fully saturated rings. The van der Waals surface area contributed by atoms with Gasteiger partial charge in [-0.3, -0.25) is 4.79 Å². The Bertz CT molecular complexity index is 523. The zero-order valence-corrected chi connectivity index (χ0v) is 9.07. The van der Waals surface area contributed by atoms with Crippen molar-refractivity contribution in [3.05, 3.63) is 35.7 Å². The number of imidazole rings is 1. The van der Waals surface area contributed by atoms with Crippen LogP contribution in [0, 0.1) is 11.3 Å². The van der Waals surface area contributed by atoms with E-state index in [1.165, 1.54) is 11.3 Å². The lowest BCUT2D eigenvalue weighted by molar-refractivity contribution is -0.116. The minimum atomic E-state index is -0.169. The Balaban J connectivity index is 2.01. The highest BCUT2D eigenvalue weighted by Gasteiger charge is 2.08. The molecule has 6 heteroatoms. The summed E-state index contributed by atoms with van der Waals surface area (Å²) >= 11 is 1.34. The molecule has 0 aliphatic rings. The predicted molar refractivity (Wildman–Crippen MR) is 59.9 cm³/mol. The monoisotopic (exact) mass is 232 g/mol. The van der Waals surface area contributed by atoms with Gasteiger partial charge < -0.3 is 9.88 Å². The zero-order valence-electron chi connectivity index (χ0n) is 8.25. The third-order valence-corrected chi connectivity index (χ3v) is 2.75. The van der Waals surface area contributed by atoms with E-state index in [0.29, 0.717) is 10.6 Å². The fraction of sp³-hybridized carbons (Fsp3) is 0.100. The molecule has 1 amide bonds. The van der Waals surface area contributed by atoms with Gasteiger partial charge in [-0.05, 0) is 11.4 Å². The SMILES string of the molecule is N#Cc1ccsc1NC(=O)Cn1ccnc1. The lowest BCUT2D eigenvalue weighted by Gasteiger charge is -2.03. The second-order valence-electron chi connectivity index (χ2n) is 3.06. The van der Waals surface area contributed by atoms with Crippen molar-refractivity contribution in [1.29, 1.82) is 5.26 Å². The van der Waals surface area contributed by atoms with E-state index in [1.54, 1.807) is 34.7 Å². The molecule has 0 radical (unpaired) electrons. The van der Waals surface area contributed by atoms with Crippen LogP contribution in [0.15, 0.2) is 30.2 Å². The van der Waals surface area contributed by atoms with Gasteiger partial charge in [-0.15, -0.1) is 11.3 Å². The molecule has 0 aliphatic carbocycles. The van der Waals surface area contributed by atoms with E-state index in [9.17, 15) is 4.79 Å². The molecule has 80 valence electrons. The van der Waals surface area contributed by atoms with E-state index in [1.807, 2.05) is 6.07 Å². The van der Waals surface area contributed by atoms with Gasteiger partial charge in [0, 0.05) is 12.4 Å². The summed E-state index contributed by atoms with van der Waals surface area (Å²) in [6.45, 7) is 0.197. The van der Waals surface area contributed by atoms with Gasteiger partial charge in [-0.25, -0.2) is 4.98 Å². The summed E-state index contributed by atoms with van der Waals surface area (Å²) in [5.41, 5.74) is 0.490. The van der Waals surface area contributed by atoms with Gasteiger partial charge in [0.05, 0.1) is 11.9 Å². The number of carbonyl (C=O) groups excluding carboxylic acids is 1. The van der Waals surface area contributed by atoms with Gasteiger partial charge in [0.25, 0.3) is 0 Å². The molecule has 0 bridgehead atoms. The summed E-state index contributed by atoms with van der Waals surface area (Å²) in [4.78, 5) is 15.4. The molecule has 0 saturated carbocycles. The second-order valence-corrected chi connectivity index (χ2v) is 3.97. The molecule has 0 spiro atoms. The summed E-state index contributed by atoms with van der Waals surface area (Å²) in [6, 6.07) is 3.69. The largest absolute Gasteiger partial charge is 0.328 e. The topological polar surface area (TPSA) is 70.7 Å². The van der Waals surface area contributed by atoms with Gasteiger partial charge >= 0.3 is 0 Å². The van der Waals surface area contributed by atoms with Crippen molar-refractivity contribution < 1.29 is 4.79 Å². The number of nitriles is 1. The number of carbonyl (C=O) groups is 1. The molecule has 16 heavy (non-hydrogen) atoms. The van der Waals surface area contributed by atoms with Crippen molar-refractivity contribution in [3.63, 3.8) is 0 Å². The lowest BCUT2D eigenvalue weighted by Crippen LogP contribution is -2.17. The van der Waals surface area contributed by atoms with Crippen LogP contribution in [0.2, 0.25) is 0 Å². The van der Waals surface area contributed by atoms with Gasteiger partial charge in [-0.2, -0.15) is 5.26 Å². The number of rotatable bonds is 3. The van der Waals surface area contributed by atoms with Crippen LogP contribution in [0.25, 0.3) is 0 Å². The third-order valence-electron chi connectivity index (χ3n) is 1.92. The molecule has 2 rings (SSSR count). The van der Waals surface area contributed by atoms with Gasteiger partial charge in [0.2, 0.25) is 5.91 Å². The molecule has 0 atom stereocenters. The van der Waals surface area contributed by atoms with Crippen molar-refractivity contribution in [1.82, 2.24) is 9.55 Å². The first kappa shape index (κ1) is 10.4. The Labute approximate surface area is 96.0 Å². The average molecular weight is 232 g/mol. The highest BCUT2D eigenvalue weighted by molar-refractivity contribution is 7.14. The van der Waals surface area contributed by atoms with Gasteiger partial charge in [-0.1, -0.05) is 0 Å². The standard InChI is InChI=1S/C10H8N4OS/c11-5-8-1-4-16-10(8)13-9(15)6-14-3-2-12-7-14/h1-4,7H,6H2,(H,13,15). The number of nitrogens with zero attached hydrogens (tertiary/aromatic N) is 3. The minimum Gasteiger partial charge on any atom is -0.328 e. The highest BCUT2D eigenvalue weighted by atomic mass is 32.1. The van der Waals surface area contributed by atoms with E-state index in [-0.39, 0.29) is 12.5 Å². The number of hydrogen-bond donors (Lipinski definition) is 1. The number of hydrogen-bond acceptors (Lipinski definition) is 4. The first-order chi connectivity index (χ1) is 7.79. The Hall–Kier alpha value is -2.13. The zero-order chi connectivity index (χ0) is 11.4. The highest BCUT2D eigenvalue weighted by Crippen LogP contribution is 2.21. The molecular formula is C10H8N4OS. The molecule has 2 aromatic rings. The van der Waals surface area contributed by atoms with E-state index in [4.69, 9.17) is 5.26 Å². The van der Waals surface area contributed by atoms with Gasteiger partial charge in [0.1, 0.15) is 17.6 Å². The van der Waals surface area contributed by atoms with Gasteiger partial charge in [0.15, 0.2) is 0 Å². The molecule has 0 aromatic carbocycles. The Kier molecular flexibility index (Phi) is 2.98. The molecule has 2 heterocycles. The third kappa shape index (κ3) is 2.27. The summed E-state index contributed by atoms with van der Waals surface area (Å²) in [5.74, 6) is -0.169. The molecule has 2 aromatic heterocycles. The predicted octanol–water partition coefficient (Wildman–Crippen LogP) is 1.45. The van der Waals surface area contributed by atoms with Crippen molar-refractivity contribution in [2.75, 3.05) is 5.32 Å². The van der Waals surface area contributed by atoms with Crippen LogP contribution in [-0.2, 0) is 11.3 Å².